The van der Waals surface area contributed by atoms with Crippen molar-refractivity contribution < 1.29 is 23.6 Å². The van der Waals surface area contributed by atoms with Gasteiger partial charge in [-0.05, 0) is 12.1 Å². The standard InChI is InChI=1S/C16H21N5O4/c1-20(2)6-10-7-21(19-18-10)12-9-25-14-11(8-24-15(12)14)17-16(22)13-4-3-5-23-13/h3-5,7,11-12,14-15H,6,8-9H2,1-2H3,(H,17,22)/p+1/t11-,12-,14+,15+/m0/s1. The Morgan fingerprint density at radius 3 is 2.96 bits per heavy atom. The average Bonchev–Trinajstić information content (AvgIpc) is 3.32. The molecule has 25 heavy (non-hydrogen) atoms. The number of aromatic nitrogens is 3. The maximum Gasteiger partial charge on any atom is 0.287 e. The zero-order valence-corrected chi connectivity index (χ0v) is 14.2. The van der Waals surface area contributed by atoms with E-state index in [9.17, 15) is 4.79 Å². The quantitative estimate of drug-likeness (QED) is 0.694. The molecule has 2 aliphatic heterocycles. The molecule has 9 heteroatoms. The number of rotatable bonds is 5. The lowest BCUT2D eigenvalue weighted by Gasteiger charge is -2.17. The molecule has 2 fully saturated rings. The molecule has 2 aromatic heterocycles. The molecule has 2 N–H and O–H groups in total. The summed E-state index contributed by atoms with van der Waals surface area (Å²) in [7, 11) is 4.14. The van der Waals surface area contributed by atoms with Crippen LogP contribution in [0.15, 0.2) is 29.0 Å². The van der Waals surface area contributed by atoms with Crippen LogP contribution in [0.4, 0.5) is 0 Å². The van der Waals surface area contributed by atoms with E-state index in [4.69, 9.17) is 13.9 Å². The van der Waals surface area contributed by atoms with E-state index in [-0.39, 0.29) is 36.0 Å². The van der Waals surface area contributed by atoms with Crippen molar-refractivity contribution in [1.29, 1.82) is 0 Å². The second-order valence-electron chi connectivity index (χ2n) is 6.79. The van der Waals surface area contributed by atoms with Gasteiger partial charge in [-0.1, -0.05) is 5.21 Å². The highest BCUT2D eigenvalue weighted by Gasteiger charge is 2.49. The van der Waals surface area contributed by atoms with Crippen molar-refractivity contribution in [2.45, 2.75) is 30.8 Å². The number of amides is 1. The third-order valence-electron chi connectivity index (χ3n) is 4.52. The topological polar surface area (TPSA) is 95.8 Å². The van der Waals surface area contributed by atoms with Crippen LogP contribution in [0, 0.1) is 0 Å². The first-order valence-corrected chi connectivity index (χ1v) is 8.39. The third-order valence-corrected chi connectivity index (χ3v) is 4.52. The summed E-state index contributed by atoms with van der Waals surface area (Å²) >= 11 is 0. The van der Waals surface area contributed by atoms with Gasteiger partial charge < -0.3 is 24.1 Å². The largest absolute Gasteiger partial charge is 0.459 e. The van der Waals surface area contributed by atoms with Crippen LogP contribution in [0.1, 0.15) is 22.3 Å². The van der Waals surface area contributed by atoms with Crippen LogP contribution in [-0.2, 0) is 16.0 Å². The lowest BCUT2D eigenvalue weighted by molar-refractivity contribution is -0.873. The Morgan fingerprint density at radius 1 is 1.36 bits per heavy atom. The van der Waals surface area contributed by atoms with Crippen LogP contribution >= 0.6 is 0 Å². The van der Waals surface area contributed by atoms with Gasteiger partial charge in [0.15, 0.2) is 5.76 Å². The summed E-state index contributed by atoms with van der Waals surface area (Å²) in [5, 5.41) is 11.4. The van der Waals surface area contributed by atoms with Gasteiger partial charge in [0, 0.05) is 0 Å². The smallest absolute Gasteiger partial charge is 0.287 e. The van der Waals surface area contributed by atoms with Gasteiger partial charge >= 0.3 is 0 Å². The summed E-state index contributed by atoms with van der Waals surface area (Å²) in [5.41, 5.74) is 0.934. The molecule has 2 saturated heterocycles. The Morgan fingerprint density at radius 2 is 2.20 bits per heavy atom. The van der Waals surface area contributed by atoms with Crippen LogP contribution in [0.25, 0.3) is 0 Å². The highest BCUT2D eigenvalue weighted by atomic mass is 16.6. The predicted molar refractivity (Wildman–Crippen MR) is 85.0 cm³/mol. The van der Waals surface area contributed by atoms with Gasteiger partial charge in [-0.25, -0.2) is 4.68 Å². The molecule has 0 saturated carbocycles. The third kappa shape index (κ3) is 3.17. The number of ether oxygens (including phenoxy) is 2. The molecule has 2 aromatic rings. The van der Waals surface area contributed by atoms with E-state index in [1.807, 2.05) is 10.9 Å². The lowest BCUT2D eigenvalue weighted by atomic mass is 10.1. The van der Waals surface area contributed by atoms with E-state index >= 15 is 0 Å². The molecule has 4 rings (SSSR count). The number of fused-ring (bicyclic) bond motifs is 1. The van der Waals surface area contributed by atoms with Crippen LogP contribution in [0.2, 0.25) is 0 Å². The monoisotopic (exact) mass is 348 g/mol. The molecular weight excluding hydrogens is 326 g/mol. The summed E-state index contributed by atoms with van der Waals surface area (Å²) in [4.78, 5) is 13.4. The first-order valence-electron chi connectivity index (χ1n) is 8.39. The van der Waals surface area contributed by atoms with Crippen LogP contribution in [0.3, 0.4) is 0 Å². The molecule has 1 amide bonds. The number of carbonyl (C=O) groups is 1. The van der Waals surface area contributed by atoms with Gasteiger partial charge in [0.05, 0.1) is 45.8 Å². The maximum atomic E-state index is 12.2. The van der Waals surface area contributed by atoms with Crippen molar-refractivity contribution in [3.8, 4) is 0 Å². The predicted octanol–water partition coefficient (Wildman–Crippen LogP) is -1.35. The molecule has 0 radical (unpaired) electrons. The van der Waals surface area contributed by atoms with Gasteiger partial charge in [-0.3, -0.25) is 4.79 Å². The van der Waals surface area contributed by atoms with Crippen molar-refractivity contribution in [3.05, 3.63) is 36.0 Å². The Balaban J connectivity index is 1.41. The van der Waals surface area contributed by atoms with Crippen molar-refractivity contribution in [2.24, 2.45) is 0 Å². The number of hydrogen-bond donors (Lipinski definition) is 2. The average molecular weight is 348 g/mol. The van der Waals surface area contributed by atoms with Crippen LogP contribution in [-0.4, -0.2) is 66.5 Å². The molecule has 0 bridgehead atoms. The molecule has 134 valence electrons. The van der Waals surface area contributed by atoms with Gasteiger partial charge in [-0.2, -0.15) is 0 Å². The van der Waals surface area contributed by atoms with Gasteiger partial charge in [0.2, 0.25) is 0 Å². The lowest BCUT2D eigenvalue weighted by Crippen LogP contribution is -3.04. The summed E-state index contributed by atoms with van der Waals surface area (Å²) < 4.78 is 18.7. The summed E-state index contributed by atoms with van der Waals surface area (Å²) in [5.74, 6) is 0.0217. The zero-order chi connectivity index (χ0) is 17.4. The van der Waals surface area contributed by atoms with Gasteiger partial charge in [-0.15, -0.1) is 5.10 Å². The highest BCUT2D eigenvalue weighted by molar-refractivity contribution is 5.91. The van der Waals surface area contributed by atoms with E-state index in [2.05, 4.69) is 29.7 Å². The normalized spacial score (nSPS) is 28.4. The Kier molecular flexibility index (Phi) is 4.28. The first kappa shape index (κ1) is 16.2. The van der Waals surface area contributed by atoms with Gasteiger partial charge in [0.1, 0.15) is 30.5 Å². The van der Waals surface area contributed by atoms with E-state index in [1.54, 1.807) is 12.1 Å². The van der Waals surface area contributed by atoms with Crippen molar-refractivity contribution >= 4 is 5.91 Å². The second kappa shape index (κ2) is 6.58. The number of nitrogens with one attached hydrogen (secondary N) is 2. The van der Waals surface area contributed by atoms with E-state index in [0.717, 1.165) is 12.2 Å². The van der Waals surface area contributed by atoms with Gasteiger partial charge in [0.25, 0.3) is 5.91 Å². The molecule has 4 heterocycles. The fourth-order valence-corrected chi connectivity index (χ4v) is 3.40. The molecule has 0 aromatic carbocycles. The fourth-order valence-electron chi connectivity index (χ4n) is 3.40. The molecule has 0 unspecified atom stereocenters. The van der Waals surface area contributed by atoms with Crippen LogP contribution in [0.5, 0.6) is 0 Å². The zero-order valence-electron chi connectivity index (χ0n) is 14.2. The first-order chi connectivity index (χ1) is 12.1. The van der Waals surface area contributed by atoms with Crippen molar-refractivity contribution in [2.75, 3.05) is 27.3 Å². The van der Waals surface area contributed by atoms with E-state index in [1.165, 1.54) is 11.2 Å². The summed E-state index contributed by atoms with van der Waals surface area (Å²) in [6.07, 6.45) is 3.07. The molecule has 0 aliphatic carbocycles. The molecule has 2 aliphatic rings. The summed E-state index contributed by atoms with van der Waals surface area (Å²) in [6, 6.07) is 3.07. The fraction of sp³-hybridized carbons (Fsp3) is 0.562. The minimum atomic E-state index is -0.261. The minimum Gasteiger partial charge on any atom is -0.459 e. The Labute approximate surface area is 144 Å². The van der Waals surface area contributed by atoms with Crippen molar-refractivity contribution in [3.63, 3.8) is 0 Å². The van der Waals surface area contributed by atoms with Crippen LogP contribution < -0.4 is 10.2 Å². The van der Waals surface area contributed by atoms with E-state index < -0.39 is 0 Å². The Hall–Kier alpha value is -2.23. The number of nitrogens with zero attached hydrogens (tertiary/aromatic N) is 3. The summed E-state index contributed by atoms with van der Waals surface area (Å²) in [6.45, 7) is 1.70. The number of hydrogen-bond acceptors (Lipinski definition) is 6. The minimum absolute atomic E-state index is 0.0334. The maximum absolute atomic E-state index is 12.2. The van der Waals surface area contributed by atoms with E-state index in [0.29, 0.717) is 13.2 Å². The molecule has 4 atom stereocenters. The number of quaternary nitrogens is 1. The number of furan rings is 1. The Bertz CT molecular complexity index is 729. The SMILES string of the molecule is C[NH+](C)Cc1cn([C@H]2CO[C@H]3[C@@H]2OC[C@@H]3NC(=O)c2ccco2)nn1. The molecule has 9 nitrogen and oxygen atoms in total. The second-order valence-corrected chi connectivity index (χ2v) is 6.79. The molecule has 0 spiro atoms. The molecular formula is C16H22N5O4+. The van der Waals surface area contributed by atoms with Crippen molar-refractivity contribution in [1.82, 2.24) is 20.3 Å². The highest BCUT2D eigenvalue weighted by Crippen LogP contribution is 2.34. The number of carbonyl (C=O) groups excluding carboxylic acids is 1.